The maximum atomic E-state index is 13.8. The quantitative estimate of drug-likeness (QED) is 0.294. The topological polar surface area (TPSA) is 105 Å². The second kappa shape index (κ2) is 14.3. The van der Waals surface area contributed by atoms with Gasteiger partial charge in [-0.3, -0.25) is 4.79 Å². The van der Waals surface area contributed by atoms with Crippen LogP contribution in [0.3, 0.4) is 0 Å². The van der Waals surface area contributed by atoms with Crippen LogP contribution < -0.4 is 14.8 Å². The summed E-state index contributed by atoms with van der Waals surface area (Å²) in [5.74, 6) is 0.199. The number of carbonyl (C=O) groups excluding carboxylic acids is 1. The molecule has 2 aromatic carbocycles. The van der Waals surface area contributed by atoms with Gasteiger partial charge < -0.3 is 15.2 Å². The molecule has 0 spiro atoms. The molecule has 0 saturated carbocycles. The fraction of sp³-hybridized carbons (Fsp3) is 0.519. The number of nitrogens with one attached hydrogen (secondary N) is 2. The van der Waals surface area contributed by atoms with E-state index < -0.39 is 32.2 Å². The number of nitrogens with zero attached hydrogens (tertiary/aromatic N) is 1. The Balaban J connectivity index is 2.42. The van der Waals surface area contributed by atoms with E-state index in [-0.39, 0.29) is 26.1 Å². The third kappa shape index (κ3) is 7.77. The van der Waals surface area contributed by atoms with Gasteiger partial charge in [0.25, 0.3) is 0 Å². The van der Waals surface area contributed by atoms with Gasteiger partial charge in [-0.2, -0.15) is 12.3 Å². The second-order valence-electron chi connectivity index (χ2n) is 9.06. The Morgan fingerprint density at radius 3 is 2.22 bits per heavy atom. The van der Waals surface area contributed by atoms with Crippen molar-refractivity contribution in [3.05, 3.63) is 65.7 Å². The van der Waals surface area contributed by atoms with Gasteiger partial charge in [0.2, 0.25) is 5.91 Å². The standard InChI is InChI=1S/C27H41N3O5S/c1-5-16-30(17-6-2,36(33,34)29-27(32)7-3)25(19-22-12-9-8-10-13-22)26(31)21-28-20-23-14-11-15-24(18-23)35-4/h8-15,18,25-26,28,31H,5-7,16-17,19-21H2,1-4H3/p+1. The first-order chi connectivity index (χ1) is 17.2. The molecule has 2 unspecified atom stereocenters. The van der Waals surface area contributed by atoms with Crippen molar-refractivity contribution in [3.8, 4) is 5.75 Å². The Labute approximate surface area is 216 Å². The van der Waals surface area contributed by atoms with Gasteiger partial charge in [-0.05, 0) is 36.1 Å². The van der Waals surface area contributed by atoms with Crippen LogP contribution in [0.1, 0.15) is 51.2 Å². The number of aliphatic hydroxyl groups excluding tert-OH is 1. The summed E-state index contributed by atoms with van der Waals surface area (Å²) in [6.45, 7) is 6.72. The maximum absolute atomic E-state index is 13.8. The van der Waals surface area contributed by atoms with E-state index in [1.807, 2.05) is 68.4 Å². The largest absolute Gasteiger partial charge is 0.497 e. The van der Waals surface area contributed by atoms with Crippen molar-refractivity contribution in [2.75, 3.05) is 26.7 Å². The Morgan fingerprint density at radius 1 is 1.00 bits per heavy atom. The molecule has 0 heterocycles. The molecular formula is C27H42N3O5S+. The predicted molar refractivity (Wildman–Crippen MR) is 143 cm³/mol. The monoisotopic (exact) mass is 520 g/mol. The van der Waals surface area contributed by atoms with Crippen LogP contribution in [0.4, 0.5) is 0 Å². The molecule has 0 fully saturated rings. The van der Waals surface area contributed by atoms with Crippen LogP contribution in [0.2, 0.25) is 0 Å². The highest BCUT2D eigenvalue weighted by Crippen LogP contribution is 2.28. The molecule has 0 aliphatic rings. The van der Waals surface area contributed by atoms with Gasteiger partial charge in [0, 0.05) is 25.9 Å². The van der Waals surface area contributed by atoms with Gasteiger partial charge in [0.05, 0.1) is 20.2 Å². The average molecular weight is 521 g/mol. The molecule has 2 atom stereocenters. The number of quaternary nitrogens is 1. The van der Waals surface area contributed by atoms with Gasteiger partial charge >= 0.3 is 10.2 Å². The first kappa shape index (κ1) is 29.8. The maximum Gasteiger partial charge on any atom is 0.396 e. The number of aliphatic hydroxyl groups is 1. The lowest BCUT2D eigenvalue weighted by atomic mass is 9.98. The molecule has 0 aliphatic carbocycles. The van der Waals surface area contributed by atoms with Crippen LogP contribution in [-0.4, -0.2) is 62.2 Å². The first-order valence-electron chi connectivity index (χ1n) is 12.7. The molecule has 1 amide bonds. The van der Waals surface area contributed by atoms with E-state index in [9.17, 15) is 18.3 Å². The third-order valence-corrected chi connectivity index (χ3v) is 8.48. The van der Waals surface area contributed by atoms with Gasteiger partial charge in [-0.25, -0.2) is 4.72 Å². The lowest BCUT2D eigenvalue weighted by Crippen LogP contribution is -2.68. The van der Waals surface area contributed by atoms with E-state index in [4.69, 9.17) is 4.74 Å². The Bertz CT molecular complexity index is 1040. The van der Waals surface area contributed by atoms with Crippen LogP contribution in [0, 0.1) is 0 Å². The highest BCUT2D eigenvalue weighted by atomic mass is 32.2. The molecule has 9 heteroatoms. The van der Waals surface area contributed by atoms with Gasteiger partial charge in [0.15, 0.2) is 0 Å². The van der Waals surface area contributed by atoms with Crippen LogP contribution in [0.5, 0.6) is 5.75 Å². The molecule has 8 nitrogen and oxygen atoms in total. The molecule has 2 aromatic rings. The number of carbonyl (C=O) groups is 1. The molecule has 0 saturated heterocycles. The fourth-order valence-corrected chi connectivity index (χ4v) is 6.71. The van der Waals surface area contributed by atoms with E-state index in [0.717, 1.165) is 16.9 Å². The highest BCUT2D eigenvalue weighted by Gasteiger charge is 2.51. The van der Waals surface area contributed by atoms with Crippen LogP contribution in [0.15, 0.2) is 54.6 Å². The first-order valence-corrected chi connectivity index (χ1v) is 14.1. The van der Waals surface area contributed by atoms with E-state index >= 15 is 0 Å². The number of methoxy groups -OCH3 is 1. The molecule has 36 heavy (non-hydrogen) atoms. The van der Waals surface area contributed by atoms with Crippen molar-refractivity contribution in [1.29, 1.82) is 0 Å². The summed E-state index contributed by atoms with van der Waals surface area (Å²) in [5, 5.41) is 14.8. The number of benzene rings is 2. The normalized spacial score (nSPS) is 13.7. The highest BCUT2D eigenvalue weighted by molar-refractivity contribution is 7.84. The molecule has 2 rings (SSSR count). The van der Waals surface area contributed by atoms with Crippen molar-refractivity contribution in [1.82, 2.24) is 10.0 Å². The number of amides is 1. The summed E-state index contributed by atoms with van der Waals surface area (Å²) in [4.78, 5) is 12.2. The number of ether oxygens (including phenoxy) is 1. The summed E-state index contributed by atoms with van der Waals surface area (Å²) in [6, 6.07) is 16.5. The summed E-state index contributed by atoms with van der Waals surface area (Å²) in [5.41, 5.74) is 1.92. The molecule has 0 bridgehead atoms. The molecule has 0 aliphatic heterocycles. The van der Waals surface area contributed by atoms with Crippen LogP contribution >= 0.6 is 0 Å². The predicted octanol–water partition coefficient (Wildman–Crippen LogP) is 3.16. The molecule has 0 aromatic heterocycles. The summed E-state index contributed by atoms with van der Waals surface area (Å²) < 4.78 is 34.8. The lowest BCUT2D eigenvalue weighted by molar-refractivity contribution is -0.838. The van der Waals surface area contributed by atoms with Gasteiger partial charge in [0.1, 0.15) is 17.9 Å². The van der Waals surface area contributed by atoms with Crippen LogP contribution in [0.25, 0.3) is 0 Å². The van der Waals surface area contributed by atoms with Crippen LogP contribution in [-0.2, 0) is 28.0 Å². The Hall–Kier alpha value is -2.46. The van der Waals surface area contributed by atoms with E-state index in [0.29, 0.717) is 25.8 Å². The summed E-state index contributed by atoms with van der Waals surface area (Å²) >= 11 is 0. The van der Waals surface area contributed by atoms with E-state index in [1.54, 1.807) is 14.0 Å². The zero-order valence-corrected chi connectivity index (χ0v) is 22.8. The smallest absolute Gasteiger partial charge is 0.396 e. The lowest BCUT2D eigenvalue weighted by Gasteiger charge is -2.44. The SMILES string of the molecule is CCC[N+](CCC)(C(Cc1ccccc1)C(O)CNCc1cccc(OC)c1)S(=O)(=O)NC(=O)CC. The molecular weight excluding hydrogens is 478 g/mol. The minimum absolute atomic E-state index is 0.0610. The Kier molecular flexibility index (Phi) is 11.8. The van der Waals surface area contributed by atoms with Gasteiger partial charge in [-0.1, -0.05) is 63.2 Å². The molecule has 3 N–H and O–H groups in total. The Morgan fingerprint density at radius 2 is 1.64 bits per heavy atom. The zero-order chi connectivity index (χ0) is 26.6. The zero-order valence-electron chi connectivity index (χ0n) is 21.9. The molecule has 0 radical (unpaired) electrons. The van der Waals surface area contributed by atoms with E-state index in [2.05, 4.69) is 10.0 Å². The van der Waals surface area contributed by atoms with Crippen molar-refractivity contribution >= 4 is 16.1 Å². The van der Waals surface area contributed by atoms with Crippen molar-refractivity contribution in [3.63, 3.8) is 0 Å². The third-order valence-electron chi connectivity index (χ3n) is 6.40. The van der Waals surface area contributed by atoms with E-state index in [1.165, 1.54) is 0 Å². The molecule has 200 valence electrons. The van der Waals surface area contributed by atoms with Gasteiger partial charge in [-0.15, -0.1) is 0 Å². The fourth-order valence-electron chi connectivity index (χ4n) is 4.68. The van der Waals surface area contributed by atoms with Crippen molar-refractivity contribution in [2.45, 2.75) is 65.1 Å². The number of hydrogen-bond donors (Lipinski definition) is 3. The van der Waals surface area contributed by atoms with Crippen molar-refractivity contribution in [2.24, 2.45) is 0 Å². The number of rotatable bonds is 16. The summed E-state index contributed by atoms with van der Waals surface area (Å²) in [7, 11) is -2.52. The minimum Gasteiger partial charge on any atom is -0.497 e. The second-order valence-corrected chi connectivity index (χ2v) is 10.9. The average Bonchev–Trinajstić information content (AvgIpc) is 2.87. The van der Waals surface area contributed by atoms with Crippen molar-refractivity contribution < 1.29 is 26.9 Å². The summed E-state index contributed by atoms with van der Waals surface area (Å²) in [6.07, 6.45) is 0.588. The minimum atomic E-state index is -4.14. The number of hydrogen-bond acceptors (Lipinski definition) is 6.